The van der Waals surface area contributed by atoms with E-state index in [-0.39, 0.29) is 13.1 Å². The molecule has 3 aliphatic rings. The lowest BCUT2D eigenvalue weighted by molar-refractivity contribution is -0.161. The van der Waals surface area contributed by atoms with E-state index < -0.39 is 99.7 Å². The van der Waals surface area contributed by atoms with Crippen molar-refractivity contribution in [1.29, 1.82) is 0 Å². The first-order chi connectivity index (χ1) is 18.5. The second kappa shape index (κ2) is 8.87. The number of imide groups is 1. The maximum Gasteiger partial charge on any atom is 0.327 e. The second-order valence-corrected chi connectivity index (χ2v) is 10.5. The number of carbonyl (C=O) groups is 6. The average molecular weight is 509 g/mol. The first-order valence-corrected chi connectivity index (χ1v) is 11.4. The van der Waals surface area contributed by atoms with Gasteiger partial charge in [0.2, 0.25) is 11.8 Å². The van der Waals surface area contributed by atoms with Gasteiger partial charge in [0.25, 0.3) is 0 Å². The van der Waals surface area contributed by atoms with Gasteiger partial charge in [-0.3, -0.25) is 24.1 Å². The molecule has 1 aromatic carbocycles. The van der Waals surface area contributed by atoms with Crippen molar-refractivity contribution >= 4 is 47.4 Å². The maximum absolute atomic E-state index is 13.5. The largest absolute Gasteiger partial charge is 0.480 e. The number of β-lactam (4-membered cyclic amide) rings is 1. The smallest absolute Gasteiger partial charge is 0.327 e. The Morgan fingerprint density at radius 3 is 2.43 bits per heavy atom. The molecule has 4 rings (SSSR count). The number of carboxylic acid groups (broad SMARTS) is 1. The number of carboxylic acids is 1. The minimum absolute atomic E-state index is 0.00460. The van der Waals surface area contributed by atoms with Crippen molar-refractivity contribution in [2.45, 2.75) is 42.1 Å². The van der Waals surface area contributed by atoms with Crippen LogP contribution in [0, 0.1) is 0 Å². The molecule has 0 saturated carbocycles. The summed E-state index contributed by atoms with van der Waals surface area (Å²) in [5.41, 5.74) is -0.629. The summed E-state index contributed by atoms with van der Waals surface area (Å²) in [6, 6.07) is -9.58. The summed E-state index contributed by atoms with van der Waals surface area (Å²) in [4.78, 5) is 78.5. The molecule has 3 saturated heterocycles. The van der Waals surface area contributed by atoms with Crippen molar-refractivity contribution in [2.24, 2.45) is 0 Å². The van der Waals surface area contributed by atoms with Crippen LogP contribution in [0.25, 0.3) is 0 Å². The minimum Gasteiger partial charge on any atom is -0.480 e. The zero-order chi connectivity index (χ0) is 30.0. The summed E-state index contributed by atoms with van der Waals surface area (Å²) < 4.78 is 39.4. The lowest BCUT2D eigenvalue weighted by atomic mass is 9.95. The number of benzene rings is 1. The number of hydrogen-bond acceptors (Lipinski definition) is 7. The molecule has 0 spiro atoms. The van der Waals surface area contributed by atoms with Crippen LogP contribution < -0.4 is 10.6 Å². The van der Waals surface area contributed by atoms with E-state index >= 15 is 0 Å². The number of aliphatic carboxylic acids is 1. The summed E-state index contributed by atoms with van der Waals surface area (Å²) in [5, 5.41) is 13.4. The Morgan fingerprint density at radius 1 is 1.14 bits per heavy atom. The topological polar surface area (TPSA) is 156 Å². The van der Waals surface area contributed by atoms with Crippen LogP contribution in [0.2, 0.25) is 0 Å². The highest BCUT2D eigenvalue weighted by Gasteiger charge is 2.64. The van der Waals surface area contributed by atoms with Gasteiger partial charge < -0.3 is 25.5 Å². The zero-order valence-electron chi connectivity index (χ0n) is 23.9. The molecule has 0 aliphatic carbocycles. The van der Waals surface area contributed by atoms with Gasteiger partial charge in [-0.25, -0.2) is 9.59 Å². The number of urea groups is 1. The number of hydrogen-bond donors (Lipinski definition) is 3. The lowest BCUT2D eigenvalue weighted by Crippen LogP contribution is -2.71. The maximum atomic E-state index is 13.5. The van der Waals surface area contributed by atoms with Crippen LogP contribution in [-0.2, 0) is 24.0 Å². The highest BCUT2D eigenvalue weighted by atomic mass is 32.2. The monoisotopic (exact) mass is 508 g/mol. The zero-order valence-corrected chi connectivity index (χ0v) is 19.7. The van der Waals surface area contributed by atoms with E-state index in [0.717, 1.165) is 21.6 Å². The van der Waals surface area contributed by atoms with Crippen molar-refractivity contribution < 1.29 is 40.7 Å². The quantitative estimate of drug-likeness (QED) is 0.351. The summed E-state index contributed by atoms with van der Waals surface area (Å²) in [7, 11) is 1.36. The van der Waals surface area contributed by atoms with E-state index in [9.17, 15) is 33.9 Å². The third-order valence-electron chi connectivity index (χ3n) is 5.99. The van der Waals surface area contributed by atoms with Gasteiger partial charge >= 0.3 is 23.8 Å². The molecule has 13 heteroatoms. The van der Waals surface area contributed by atoms with Gasteiger partial charge in [0.05, 0.1) is 6.85 Å². The Bertz CT molecular complexity index is 1350. The third kappa shape index (κ3) is 4.20. The Hall–Kier alpha value is -3.61. The van der Waals surface area contributed by atoms with Crippen LogP contribution in [-0.4, -0.2) is 97.8 Å². The average Bonchev–Trinajstić information content (AvgIpc) is 3.15. The molecule has 0 bridgehead atoms. The van der Waals surface area contributed by atoms with Gasteiger partial charge in [0, 0.05) is 24.9 Å². The van der Waals surface area contributed by atoms with Crippen LogP contribution >= 0.6 is 11.8 Å². The molecule has 4 atom stereocenters. The molecule has 1 aromatic rings. The Morgan fingerprint density at radius 2 is 1.80 bits per heavy atom. The number of nitrogens with zero attached hydrogens (tertiary/aromatic N) is 3. The Kier molecular flexibility index (Phi) is 4.74. The van der Waals surface area contributed by atoms with Gasteiger partial charge in [-0.05, 0) is 19.4 Å². The molecular formula is C22H25N5O7S. The molecule has 3 heterocycles. The predicted molar refractivity (Wildman–Crippen MR) is 123 cm³/mol. The number of carbonyl (C=O) groups excluding carboxylic acids is 5. The molecule has 2 unspecified atom stereocenters. The lowest BCUT2D eigenvalue weighted by Gasteiger charge is -2.44. The van der Waals surface area contributed by atoms with Crippen LogP contribution in [0.4, 0.5) is 4.79 Å². The first-order valence-electron chi connectivity index (χ1n) is 13.0. The highest BCUT2D eigenvalue weighted by molar-refractivity contribution is 8.01. The fraction of sp³-hybridized carbons (Fsp3) is 0.455. The summed E-state index contributed by atoms with van der Waals surface area (Å²) in [6.07, 6.45) is 0. The molecule has 0 aromatic heterocycles. The Balaban J connectivity index is 1.68. The molecule has 35 heavy (non-hydrogen) atoms. The van der Waals surface area contributed by atoms with E-state index in [2.05, 4.69) is 10.6 Å². The molecule has 3 fully saturated rings. The van der Waals surface area contributed by atoms with Crippen molar-refractivity contribution in [3.05, 3.63) is 35.8 Å². The summed E-state index contributed by atoms with van der Waals surface area (Å²) in [5.74, 6) is -5.27. The van der Waals surface area contributed by atoms with Gasteiger partial charge in [0.15, 0.2) is 0 Å². The first kappa shape index (κ1) is 18.7. The second-order valence-electron chi connectivity index (χ2n) is 8.69. The van der Waals surface area contributed by atoms with E-state index in [1.165, 1.54) is 7.05 Å². The van der Waals surface area contributed by atoms with E-state index in [1.54, 1.807) is 13.8 Å². The molecule has 6 amide bonds. The van der Waals surface area contributed by atoms with E-state index in [1.807, 2.05) is 0 Å². The number of amides is 6. The summed E-state index contributed by atoms with van der Waals surface area (Å²) >= 11 is 1.13. The number of thioether (sulfide) groups is 1. The van der Waals surface area contributed by atoms with Gasteiger partial charge in [-0.1, -0.05) is 30.2 Å². The molecule has 0 radical (unpaired) electrons. The van der Waals surface area contributed by atoms with Crippen molar-refractivity contribution in [1.82, 2.24) is 25.3 Å². The third-order valence-corrected chi connectivity index (χ3v) is 7.56. The van der Waals surface area contributed by atoms with Crippen LogP contribution in [0.15, 0.2) is 30.2 Å². The Labute approximate surface area is 212 Å². The fourth-order valence-electron chi connectivity index (χ4n) is 4.18. The van der Waals surface area contributed by atoms with E-state index in [4.69, 9.17) is 6.85 Å². The molecular weight excluding hydrogens is 478 g/mol. The highest BCUT2D eigenvalue weighted by Crippen LogP contribution is 2.50. The van der Waals surface area contributed by atoms with Crippen molar-refractivity contribution in [3.8, 4) is 0 Å². The van der Waals surface area contributed by atoms with Gasteiger partial charge in [-0.2, -0.15) is 0 Å². The van der Waals surface area contributed by atoms with E-state index in [0.29, 0.717) is 4.90 Å². The fourth-order valence-corrected chi connectivity index (χ4v) is 5.81. The number of fused-ring (bicyclic) bond motifs is 1. The number of nitrogens with one attached hydrogen (secondary N) is 2. The van der Waals surface area contributed by atoms with Gasteiger partial charge in [-0.15, -0.1) is 11.8 Å². The van der Waals surface area contributed by atoms with Gasteiger partial charge in [0.1, 0.15) is 23.5 Å². The van der Waals surface area contributed by atoms with Crippen LogP contribution in [0.1, 0.15) is 32.3 Å². The number of piperazine rings is 1. The number of rotatable bonds is 5. The standard InChI is InChI=1S/C22H25N5O7S/c1-22(2)14(20(32)33)27-16(29)13(19(27)35-22)23-15(28)12(11-7-5-4-6-8-11)24-21(34)26-10-9-25(3)17(30)18(26)31/h4-8,12-14,19H,9-10H2,1-3H3,(H,23,28)(H,24,34)(H,32,33)/t12-,13-,14?,19?/m1/s1/i4D,5D,6D,7D,8D. The number of likely N-dealkylation sites (N-methyl/N-ethyl adjacent to an activating group) is 1. The normalized spacial score (nSPS) is 28.1. The molecule has 3 N–H and O–H groups in total. The molecule has 3 aliphatic heterocycles. The van der Waals surface area contributed by atoms with Crippen molar-refractivity contribution in [3.63, 3.8) is 0 Å². The SMILES string of the molecule is [2H]c1c([2H])c([2H])c([C@@H](NC(=O)N2CCN(C)C(=O)C2=O)C(=O)N[C@@H]2C(=O)N3C2SC(C)(C)C3C(=O)O)c([2H])c1[2H]. The van der Waals surface area contributed by atoms with Crippen molar-refractivity contribution in [2.75, 3.05) is 20.1 Å². The predicted octanol–water partition coefficient (Wildman–Crippen LogP) is -0.630. The van der Waals surface area contributed by atoms with Crippen LogP contribution in [0.5, 0.6) is 0 Å². The molecule has 186 valence electrons. The summed E-state index contributed by atoms with van der Waals surface area (Å²) in [6.45, 7) is 3.02. The minimum atomic E-state index is -1.99. The van der Waals surface area contributed by atoms with Crippen LogP contribution in [0.3, 0.4) is 0 Å². The molecule has 12 nitrogen and oxygen atoms in total.